The highest BCUT2D eigenvalue weighted by Gasteiger charge is 2.45. The molecule has 0 saturated carbocycles. The van der Waals surface area contributed by atoms with Crippen LogP contribution in [0, 0.1) is 0 Å². The normalized spacial score (nSPS) is 41.0. The van der Waals surface area contributed by atoms with Crippen LogP contribution in [0.5, 0.6) is 0 Å². The Morgan fingerprint density at radius 1 is 1.19 bits per heavy atom. The number of carbonyl (C=O) groups is 2. The monoisotopic (exact) mass is 406 g/mol. The first-order valence-electron chi connectivity index (χ1n) is 9.09. The molecule has 3 aliphatic heterocycles. The summed E-state index contributed by atoms with van der Waals surface area (Å²) in [5, 5.41) is 44.5. The maximum Gasteiger partial charge on any atom is 0.315 e. The predicted octanol–water partition coefficient (Wildman–Crippen LogP) is -1.94. The van der Waals surface area contributed by atoms with Gasteiger partial charge in [-0.2, -0.15) is 11.8 Å². The van der Waals surface area contributed by atoms with Gasteiger partial charge in [0.2, 0.25) is 6.29 Å². The van der Waals surface area contributed by atoms with Crippen LogP contribution in [0.1, 0.15) is 25.7 Å². The highest BCUT2D eigenvalue weighted by atomic mass is 32.2. The lowest BCUT2D eigenvalue weighted by atomic mass is 9.99. The number of aliphatic hydroxyl groups is 4. The highest BCUT2D eigenvalue weighted by Crippen LogP contribution is 2.33. The largest absolute Gasteiger partial charge is 0.433 e. The summed E-state index contributed by atoms with van der Waals surface area (Å²) in [5.74, 6) is 0.292. The second-order valence-corrected chi connectivity index (χ2v) is 8.33. The van der Waals surface area contributed by atoms with Crippen LogP contribution in [-0.2, 0) is 14.3 Å². The number of esters is 1. The van der Waals surface area contributed by atoms with E-state index in [1.165, 1.54) is 0 Å². The van der Waals surface area contributed by atoms with Crippen molar-refractivity contribution in [1.29, 1.82) is 0 Å². The number of unbranched alkanes of at least 4 members (excludes halogenated alkanes) is 1. The van der Waals surface area contributed by atoms with E-state index in [1.54, 1.807) is 11.8 Å². The SMILES string of the molecule is O=C1N[C@H]2[C@H](CS[C@H]2CCCCC(=O)O[C@H]2O[C@H](CO)[C@@H](O)[C@H](O)[C@@H]2O)N1. The summed E-state index contributed by atoms with van der Waals surface area (Å²) in [6, 6.07) is 0.172. The molecule has 0 aliphatic carbocycles. The first kappa shape index (κ1) is 20.6. The van der Waals surface area contributed by atoms with Crippen LogP contribution in [-0.4, -0.2) is 92.8 Å². The summed E-state index contributed by atoms with van der Waals surface area (Å²) >= 11 is 1.81. The average Bonchev–Trinajstić information content (AvgIpc) is 3.18. The van der Waals surface area contributed by atoms with E-state index < -0.39 is 43.3 Å². The van der Waals surface area contributed by atoms with Crippen molar-refractivity contribution in [2.45, 2.75) is 73.7 Å². The van der Waals surface area contributed by atoms with Crippen LogP contribution in [0.25, 0.3) is 0 Å². The third-order valence-corrected chi connectivity index (χ3v) is 6.66. The number of urea groups is 1. The van der Waals surface area contributed by atoms with Gasteiger partial charge in [-0.05, 0) is 12.8 Å². The van der Waals surface area contributed by atoms with Gasteiger partial charge in [0.05, 0.1) is 18.7 Å². The molecule has 0 radical (unpaired) electrons. The Kier molecular flexibility index (Phi) is 6.82. The molecule has 0 aromatic heterocycles. The number of carbonyl (C=O) groups excluding carboxylic acids is 2. The van der Waals surface area contributed by atoms with Crippen molar-refractivity contribution in [3.8, 4) is 0 Å². The molecule has 27 heavy (non-hydrogen) atoms. The lowest BCUT2D eigenvalue weighted by Gasteiger charge is -2.39. The van der Waals surface area contributed by atoms with Gasteiger partial charge in [-0.1, -0.05) is 6.42 Å². The van der Waals surface area contributed by atoms with Gasteiger partial charge in [0.15, 0.2) is 0 Å². The summed E-state index contributed by atoms with van der Waals surface area (Å²) in [6.07, 6.45) is -4.85. The molecule has 2 amide bonds. The van der Waals surface area contributed by atoms with Crippen molar-refractivity contribution in [3.05, 3.63) is 0 Å². The molecular formula is C16H26N2O8S. The zero-order chi connectivity index (χ0) is 19.6. The number of ether oxygens (including phenoxy) is 2. The molecule has 6 N–H and O–H groups in total. The van der Waals surface area contributed by atoms with Crippen molar-refractivity contribution >= 4 is 23.8 Å². The van der Waals surface area contributed by atoms with E-state index in [4.69, 9.17) is 14.6 Å². The molecule has 10 nitrogen and oxygen atoms in total. The fraction of sp³-hybridized carbons (Fsp3) is 0.875. The Morgan fingerprint density at radius 2 is 1.96 bits per heavy atom. The average molecular weight is 406 g/mol. The molecule has 0 bridgehead atoms. The van der Waals surface area contributed by atoms with E-state index in [0.717, 1.165) is 18.6 Å². The van der Waals surface area contributed by atoms with Gasteiger partial charge in [0, 0.05) is 17.4 Å². The molecule has 3 saturated heterocycles. The topological polar surface area (TPSA) is 158 Å². The third kappa shape index (κ3) is 4.66. The van der Waals surface area contributed by atoms with Crippen molar-refractivity contribution in [3.63, 3.8) is 0 Å². The lowest BCUT2D eigenvalue weighted by Crippen LogP contribution is -2.59. The fourth-order valence-electron chi connectivity index (χ4n) is 3.61. The summed E-state index contributed by atoms with van der Waals surface area (Å²) < 4.78 is 10.2. The van der Waals surface area contributed by atoms with E-state index in [1.807, 2.05) is 0 Å². The summed E-state index contributed by atoms with van der Waals surface area (Å²) in [7, 11) is 0. The molecule has 11 heteroatoms. The maximum atomic E-state index is 12.0. The van der Waals surface area contributed by atoms with Crippen molar-refractivity contribution in [2.24, 2.45) is 0 Å². The Hall–Kier alpha value is -1.11. The Labute approximate surface area is 160 Å². The highest BCUT2D eigenvalue weighted by molar-refractivity contribution is 8.00. The maximum absolute atomic E-state index is 12.0. The van der Waals surface area contributed by atoms with E-state index in [0.29, 0.717) is 11.7 Å². The van der Waals surface area contributed by atoms with Crippen molar-refractivity contribution in [2.75, 3.05) is 12.4 Å². The molecule has 8 atom stereocenters. The molecule has 3 heterocycles. The van der Waals surface area contributed by atoms with E-state index in [9.17, 15) is 24.9 Å². The fourth-order valence-corrected chi connectivity index (χ4v) is 5.15. The minimum absolute atomic E-state index is 0.116. The minimum Gasteiger partial charge on any atom is -0.433 e. The lowest BCUT2D eigenvalue weighted by molar-refractivity contribution is -0.292. The second-order valence-electron chi connectivity index (χ2n) is 7.05. The summed E-state index contributed by atoms with van der Waals surface area (Å²) in [6.45, 7) is -0.578. The van der Waals surface area contributed by atoms with Crippen LogP contribution in [0.4, 0.5) is 4.79 Å². The van der Waals surface area contributed by atoms with Crippen LogP contribution in [0.3, 0.4) is 0 Å². The first-order chi connectivity index (χ1) is 12.9. The van der Waals surface area contributed by atoms with Gasteiger partial charge >= 0.3 is 12.0 Å². The molecule has 3 rings (SSSR count). The van der Waals surface area contributed by atoms with Crippen LogP contribution >= 0.6 is 11.8 Å². The minimum atomic E-state index is -1.59. The smallest absolute Gasteiger partial charge is 0.315 e. The molecule has 0 aromatic carbocycles. The third-order valence-electron chi connectivity index (χ3n) is 5.15. The standard InChI is InChI=1S/C16H26N2O8S/c19-5-8-12(21)13(22)14(23)15(25-8)26-10(20)4-2-1-3-9-11-7(6-27-9)17-16(24)18-11/h7-9,11-15,19,21-23H,1-6H2,(H2,17,18,24)/t7-,8+,9-,11-,12+,13-,14-,15+/m0/s1. The van der Waals surface area contributed by atoms with Crippen LogP contribution in [0.2, 0.25) is 0 Å². The van der Waals surface area contributed by atoms with Gasteiger partial charge < -0.3 is 40.5 Å². The van der Waals surface area contributed by atoms with Crippen LogP contribution in [0.15, 0.2) is 0 Å². The van der Waals surface area contributed by atoms with Crippen molar-refractivity contribution in [1.82, 2.24) is 10.6 Å². The molecule has 154 valence electrons. The van der Waals surface area contributed by atoms with Crippen molar-refractivity contribution < 1.29 is 39.5 Å². The number of rotatable bonds is 7. The Balaban J connectivity index is 1.37. The molecule has 3 fully saturated rings. The number of fused-ring (bicyclic) bond motifs is 1. The van der Waals surface area contributed by atoms with Gasteiger partial charge in [-0.15, -0.1) is 0 Å². The first-order valence-corrected chi connectivity index (χ1v) is 10.1. The number of nitrogens with one attached hydrogen (secondary N) is 2. The number of thioether (sulfide) groups is 1. The zero-order valence-corrected chi connectivity index (χ0v) is 15.5. The van der Waals surface area contributed by atoms with E-state index in [2.05, 4.69) is 10.6 Å². The zero-order valence-electron chi connectivity index (χ0n) is 14.7. The molecule has 0 spiro atoms. The Morgan fingerprint density at radius 3 is 2.70 bits per heavy atom. The van der Waals surface area contributed by atoms with Gasteiger partial charge in [0.25, 0.3) is 0 Å². The van der Waals surface area contributed by atoms with Gasteiger partial charge in [0.1, 0.15) is 24.4 Å². The molecule has 0 unspecified atom stereocenters. The Bertz CT molecular complexity index is 551. The van der Waals surface area contributed by atoms with Gasteiger partial charge in [-0.25, -0.2) is 4.79 Å². The summed E-state index contributed by atoms with van der Waals surface area (Å²) in [4.78, 5) is 23.3. The molecule has 0 aromatic rings. The van der Waals surface area contributed by atoms with E-state index >= 15 is 0 Å². The van der Waals surface area contributed by atoms with E-state index in [-0.39, 0.29) is 24.5 Å². The number of hydrogen-bond acceptors (Lipinski definition) is 9. The summed E-state index contributed by atoms with van der Waals surface area (Å²) in [5.41, 5.74) is 0. The quantitative estimate of drug-likeness (QED) is 0.161. The predicted molar refractivity (Wildman–Crippen MR) is 93.8 cm³/mol. The molecular weight excluding hydrogens is 380 g/mol. The molecule has 3 aliphatic rings. The van der Waals surface area contributed by atoms with Crippen LogP contribution < -0.4 is 10.6 Å². The number of hydrogen-bond donors (Lipinski definition) is 6. The van der Waals surface area contributed by atoms with Gasteiger partial charge in [-0.3, -0.25) is 4.79 Å². The number of amides is 2. The number of aliphatic hydroxyl groups excluding tert-OH is 4. The second kappa shape index (κ2) is 8.93.